The highest BCUT2D eigenvalue weighted by Crippen LogP contribution is 2.27. The van der Waals surface area contributed by atoms with Crippen LogP contribution in [0.5, 0.6) is 0 Å². The summed E-state index contributed by atoms with van der Waals surface area (Å²) in [5.74, 6) is -3.66. The number of carbonyl (C=O) groups excluding carboxylic acids is 11. The van der Waals surface area contributed by atoms with Crippen LogP contribution in [0, 0.1) is 0 Å². The first kappa shape index (κ1) is 105. The third kappa shape index (κ3) is 42.4. The fraction of sp³-hybridized carbons (Fsp3) is 0.859. The third-order valence-corrected chi connectivity index (χ3v) is 20.4. The normalized spacial score (nSPS) is 25.4. The van der Waals surface area contributed by atoms with E-state index >= 15 is 0 Å². The molecule has 11 amide bonds. The Bertz CT molecular complexity index is 2730. The topological polar surface area (TPSA) is 597 Å². The van der Waals surface area contributed by atoms with E-state index in [4.69, 9.17) is 42.6 Å². The average molecular weight is 1710 g/mol. The van der Waals surface area contributed by atoms with Crippen molar-refractivity contribution in [3.63, 3.8) is 0 Å². The summed E-state index contributed by atoms with van der Waals surface area (Å²) in [6.07, 6.45) is -4.77. The minimum Gasteiger partial charge on any atom is -0.394 e. The molecule has 41 heteroatoms. The minimum atomic E-state index is -1.46. The van der Waals surface area contributed by atoms with Crippen LogP contribution >= 0.6 is 0 Å². The SMILES string of the molecule is CC(=O)NC1C(OCCCCC(=O)NCCCNC(=O)CCOCC(COCCC(=O)NCCCNC(=O)CCCCOC2OC(CO)C(O)C(O)C2NC(C)=O)(COCCC(=O)NCCCNC(=O)CCCCOC2OC(CO)C(O)C(O)C2NC(C)=O)NC(=O)CCCCCCCCCCC(=O)N2CC(O)CC2C)OC(CO)C(O)C1O. The number of aliphatic hydroxyl groups excluding tert-OH is 10. The van der Waals surface area contributed by atoms with Crippen molar-refractivity contribution in [2.24, 2.45) is 0 Å². The molecule has 0 aliphatic carbocycles. The van der Waals surface area contributed by atoms with Gasteiger partial charge in [-0.05, 0) is 84.0 Å². The maximum atomic E-state index is 14.0. The molecule has 0 aromatic carbocycles. The van der Waals surface area contributed by atoms with Gasteiger partial charge in [-0.15, -0.1) is 0 Å². The van der Waals surface area contributed by atoms with Gasteiger partial charge in [-0.2, -0.15) is 0 Å². The van der Waals surface area contributed by atoms with Gasteiger partial charge in [0.2, 0.25) is 65.0 Å². The maximum Gasteiger partial charge on any atom is 0.222 e. The lowest BCUT2D eigenvalue weighted by Gasteiger charge is -2.42. The van der Waals surface area contributed by atoms with E-state index in [9.17, 15) is 104 Å². The van der Waals surface area contributed by atoms with Crippen LogP contribution in [-0.2, 0) is 95.4 Å². The van der Waals surface area contributed by atoms with E-state index in [0.717, 1.165) is 44.9 Å². The molecule has 4 saturated heterocycles. The molecule has 0 aromatic rings. The summed E-state index contributed by atoms with van der Waals surface area (Å²) in [5.41, 5.74) is -1.42. The van der Waals surface area contributed by atoms with Crippen molar-refractivity contribution in [3.05, 3.63) is 0 Å². The molecule has 4 rings (SSSR count). The van der Waals surface area contributed by atoms with Gasteiger partial charge in [0.1, 0.15) is 78.6 Å². The molecular weight excluding hydrogens is 1570 g/mol. The highest BCUT2D eigenvalue weighted by molar-refractivity contribution is 5.79. The van der Waals surface area contributed by atoms with Crippen LogP contribution in [0.3, 0.4) is 0 Å². The summed E-state index contributed by atoms with van der Waals surface area (Å²) < 4.78 is 52.2. The molecule has 686 valence electrons. The number of nitrogens with one attached hydrogen (secondary N) is 10. The fourth-order valence-electron chi connectivity index (χ4n) is 13.8. The number of aliphatic hydroxyl groups is 10. The lowest BCUT2D eigenvalue weighted by atomic mass is 9.97. The smallest absolute Gasteiger partial charge is 0.222 e. The molecule has 0 aromatic heterocycles. The Labute approximate surface area is 696 Å². The predicted molar refractivity (Wildman–Crippen MR) is 423 cm³/mol. The molecule has 17 unspecified atom stereocenters. The molecule has 4 aliphatic heterocycles. The Morgan fingerprint density at radius 1 is 0.353 bits per heavy atom. The number of carbonyl (C=O) groups is 11. The average Bonchev–Trinajstić information content (AvgIpc) is 1.51. The molecule has 0 saturated carbocycles. The first-order chi connectivity index (χ1) is 57.0. The molecule has 119 heavy (non-hydrogen) atoms. The quantitative estimate of drug-likeness (QED) is 0.0254. The molecule has 20 N–H and O–H groups in total. The van der Waals surface area contributed by atoms with Crippen LogP contribution in [0.2, 0.25) is 0 Å². The number of hydrogen-bond donors (Lipinski definition) is 20. The Kier molecular flexibility index (Phi) is 52.8. The van der Waals surface area contributed by atoms with Crippen LogP contribution in [0.4, 0.5) is 0 Å². The van der Waals surface area contributed by atoms with Crippen molar-refractivity contribution >= 4 is 65.0 Å². The highest BCUT2D eigenvalue weighted by Gasteiger charge is 2.48. The molecule has 0 radical (unpaired) electrons. The van der Waals surface area contributed by atoms with Gasteiger partial charge in [-0.25, -0.2) is 0 Å². The monoisotopic (exact) mass is 1710 g/mol. The molecule has 41 nitrogen and oxygen atoms in total. The Hall–Kier alpha value is -6.59. The van der Waals surface area contributed by atoms with Crippen molar-refractivity contribution in [3.8, 4) is 0 Å². The molecule has 4 aliphatic rings. The number of rotatable bonds is 63. The van der Waals surface area contributed by atoms with E-state index in [1.54, 1.807) is 4.90 Å². The van der Waals surface area contributed by atoms with Crippen molar-refractivity contribution in [1.82, 2.24) is 58.1 Å². The zero-order valence-electron chi connectivity index (χ0n) is 69.7. The molecule has 0 spiro atoms. The number of ether oxygens (including phenoxy) is 9. The molecule has 4 heterocycles. The van der Waals surface area contributed by atoms with Gasteiger partial charge >= 0.3 is 0 Å². The van der Waals surface area contributed by atoms with E-state index < -0.39 is 141 Å². The number of likely N-dealkylation sites (tertiary alicyclic amines) is 1. The largest absolute Gasteiger partial charge is 0.394 e. The number of hydrogen-bond acceptors (Lipinski definition) is 30. The summed E-state index contributed by atoms with van der Waals surface area (Å²) in [7, 11) is 0. The molecular formula is C78H139N11O30. The lowest BCUT2D eigenvalue weighted by Crippen LogP contribution is -2.64. The van der Waals surface area contributed by atoms with Crippen molar-refractivity contribution < 1.29 is 146 Å². The number of nitrogens with zero attached hydrogens (tertiary/aromatic N) is 1. The zero-order valence-corrected chi connectivity index (χ0v) is 69.7. The molecule has 4 fully saturated rings. The Morgan fingerprint density at radius 3 is 0.916 bits per heavy atom. The summed E-state index contributed by atoms with van der Waals surface area (Å²) in [6.45, 7) is 4.68. The van der Waals surface area contributed by atoms with Crippen LogP contribution in [0.15, 0.2) is 0 Å². The number of β-amino-alcohol motifs (C(OH)–C–C–N with tert-alkyl or cyclic N) is 1. The highest BCUT2D eigenvalue weighted by atomic mass is 16.7. The number of amides is 11. The number of unbranched alkanes of at least 4 members (excludes halogenated alkanes) is 10. The Balaban J connectivity index is 1.29. The van der Waals surface area contributed by atoms with Crippen molar-refractivity contribution in [2.45, 2.75) is 304 Å². The van der Waals surface area contributed by atoms with Gasteiger partial charge in [0.15, 0.2) is 18.9 Å². The van der Waals surface area contributed by atoms with E-state index in [-0.39, 0.29) is 197 Å². The Morgan fingerprint density at radius 2 is 0.630 bits per heavy atom. The van der Waals surface area contributed by atoms with Gasteiger partial charge in [-0.1, -0.05) is 38.5 Å². The van der Waals surface area contributed by atoms with E-state index in [1.807, 2.05) is 6.92 Å². The predicted octanol–water partition coefficient (Wildman–Crippen LogP) is -4.80. The van der Waals surface area contributed by atoms with Crippen molar-refractivity contribution in [2.75, 3.05) is 125 Å². The second kappa shape index (κ2) is 60.0. The van der Waals surface area contributed by atoms with Gasteiger partial charge in [0.05, 0.1) is 65.6 Å². The van der Waals surface area contributed by atoms with Gasteiger partial charge in [-0.3, -0.25) is 52.7 Å². The summed E-state index contributed by atoms with van der Waals surface area (Å²) in [4.78, 5) is 141. The standard InChI is InChI=1S/C78H139N11O30/c1-50-42-54(96)43-89(50)65(104)26-12-10-8-6-5-7-9-11-25-64(103)88-78(47-111-39-27-61(100)82-33-19-30-79-58(97)22-13-16-36-114-75-66(85-51(2)93)72(108)69(105)55(44-90)117-75,48-112-40-28-62(101)83-34-20-31-80-59(98)23-14-17-37-115-76-67(86-52(3)94)73(109)70(106)56(45-91)118-76)49-113-41-29-63(102)84-35-21-32-81-60(99)24-15-18-38-116-77-68(87-53(4)95)74(110)71(107)57(46-92)119-77/h50,54-57,66-77,90-92,96,105-110H,5-49H2,1-4H3,(H,79,97)(H,80,98)(H,81,99)(H,82,100)(H,83,101)(H,84,102)(H,85,93)(H,86,94)(H,87,95)(H,88,103). The van der Waals surface area contributed by atoms with Crippen LogP contribution < -0.4 is 53.2 Å². The van der Waals surface area contributed by atoms with Crippen LogP contribution in [0.1, 0.15) is 195 Å². The van der Waals surface area contributed by atoms with E-state index in [2.05, 4.69) is 53.2 Å². The van der Waals surface area contributed by atoms with Crippen molar-refractivity contribution in [1.29, 1.82) is 0 Å². The fourth-order valence-corrected chi connectivity index (χ4v) is 13.8. The summed E-state index contributed by atoms with van der Waals surface area (Å²) >= 11 is 0. The van der Waals surface area contributed by atoms with Gasteiger partial charge < -0.3 is 152 Å². The third-order valence-electron chi connectivity index (χ3n) is 20.4. The second-order valence-corrected chi connectivity index (χ2v) is 30.8. The van der Waals surface area contributed by atoms with Crippen LogP contribution in [0.25, 0.3) is 0 Å². The summed E-state index contributed by atoms with van der Waals surface area (Å²) in [5, 5.41) is 128. The summed E-state index contributed by atoms with van der Waals surface area (Å²) in [6, 6.07) is -3.26. The van der Waals surface area contributed by atoms with Gasteiger partial charge in [0, 0.05) is 144 Å². The zero-order chi connectivity index (χ0) is 87.5. The second-order valence-electron chi connectivity index (χ2n) is 30.8. The first-order valence-corrected chi connectivity index (χ1v) is 42.2. The molecule has 0 bridgehead atoms. The van der Waals surface area contributed by atoms with E-state index in [1.165, 1.54) is 20.8 Å². The molecule has 17 atom stereocenters. The lowest BCUT2D eigenvalue weighted by molar-refractivity contribution is -0.270. The van der Waals surface area contributed by atoms with E-state index in [0.29, 0.717) is 83.6 Å². The maximum absolute atomic E-state index is 14.0. The van der Waals surface area contributed by atoms with Gasteiger partial charge in [0.25, 0.3) is 0 Å². The first-order valence-electron chi connectivity index (χ1n) is 42.2. The minimum absolute atomic E-state index is 0.0269. The van der Waals surface area contributed by atoms with Crippen LogP contribution in [-0.4, -0.2) is 356 Å².